The Morgan fingerprint density at radius 3 is 2.40 bits per heavy atom. The molecule has 0 aliphatic rings. The maximum Gasteiger partial charge on any atom is 0.573 e. The van der Waals surface area contributed by atoms with Crippen molar-refractivity contribution in [2.75, 3.05) is 0 Å². The van der Waals surface area contributed by atoms with E-state index in [0.29, 0.717) is 5.56 Å². The van der Waals surface area contributed by atoms with Gasteiger partial charge in [-0.2, -0.15) is 0 Å². The highest BCUT2D eigenvalue weighted by Gasteiger charge is 2.32. The number of rotatable bonds is 4. The Balaban J connectivity index is 2.29. The second-order valence-electron chi connectivity index (χ2n) is 3.78. The number of ether oxygens (including phenoxy) is 2. The number of benzene rings is 1. The molecule has 0 saturated carbocycles. The Hall–Kier alpha value is -2.28. The van der Waals surface area contributed by atoms with E-state index in [1.54, 1.807) is 6.07 Å². The number of hydrogen-bond acceptors (Lipinski definition) is 4. The van der Waals surface area contributed by atoms with E-state index in [0.717, 1.165) is 0 Å². The molecule has 2 rings (SSSR count). The molecule has 0 radical (unpaired) electrons. The summed E-state index contributed by atoms with van der Waals surface area (Å²) in [6, 6.07) is 7.12. The van der Waals surface area contributed by atoms with Gasteiger partial charge in [-0.1, -0.05) is 12.1 Å². The molecule has 0 unspecified atom stereocenters. The van der Waals surface area contributed by atoms with Crippen molar-refractivity contribution in [2.45, 2.75) is 12.9 Å². The molecule has 106 valence electrons. The number of nitrogens with zero attached hydrogens (tertiary/aromatic N) is 1. The highest BCUT2D eigenvalue weighted by Crippen LogP contribution is 2.35. The summed E-state index contributed by atoms with van der Waals surface area (Å²) in [7, 11) is 0. The molecule has 20 heavy (non-hydrogen) atoms. The van der Waals surface area contributed by atoms with E-state index in [1.165, 1.54) is 36.7 Å². The number of halogens is 3. The van der Waals surface area contributed by atoms with Crippen LogP contribution in [0.3, 0.4) is 0 Å². The molecule has 7 heteroatoms. The van der Waals surface area contributed by atoms with Crippen LogP contribution < -0.4 is 15.2 Å². The van der Waals surface area contributed by atoms with E-state index in [9.17, 15) is 13.2 Å². The van der Waals surface area contributed by atoms with Crippen LogP contribution in [0.1, 0.15) is 5.56 Å². The largest absolute Gasteiger partial charge is 0.573 e. The highest BCUT2D eigenvalue weighted by molar-refractivity contribution is 5.44. The minimum atomic E-state index is -4.79. The van der Waals surface area contributed by atoms with Crippen LogP contribution in [-0.4, -0.2) is 11.3 Å². The van der Waals surface area contributed by atoms with Gasteiger partial charge in [0, 0.05) is 18.3 Å². The Morgan fingerprint density at radius 2 is 1.75 bits per heavy atom. The maximum absolute atomic E-state index is 12.3. The van der Waals surface area contributed by atoms with Gasteiger partial charge in [0.25, 0.3) is 0 Å². The first-order chi connectivity index (χ1) is 9.49. The van der Waals surface area contributed by atoms with Gasteiger partial charge in [-0.25, -0.2) is 0 Å². The third kappa shape index (κ3) is 3.61. The lowest BCUT2D eigenvalue weighted by Crippen LogP contribution is -2.17. The van der Waals surface area contributed by atoms with Crippen molar-refractivity contribution in [3.05, 3.63) is 48.3 Å². The number of pyridine rings is 1. The molecule has 0 aliphatic heterocycles. The minimum absolute atomic E-state index is 0.0625. The van der Waals surface area contributed by atoms with Crippen LogP contribution in [0.15, 0.2) is 42.7 Å². The second-order valence-corrected chi connectivity index (χ2v) is 3.78. The van der Waals surface area contributed by atoms with Gasteiger partial charge in [-0.15, -0.1) is 13.2 Å². The van der Waals surface area contributed by atoms with E-state index in [4.69, 9.17) is 10.5 Å². The van der Waals surface area contributed by atoms with Crippen LogP contribution in [0.4, 0.5) is 13.2 Å². The lowest BCUT2D eigenvalue weighted by molar-refractivity contribution is -0.275. The Morgan fingerprint density at radius 1 is 1.05 bits per heavy atom. The molecule has 0 saturated heterocycles. The number of nitrogens with two attached hydrogens (primary N) is 1. The molecular weight excluding hydrogens is 273 g/mol. The van der Waals surface area contributed by atoms with Crippen LogP contribution in [0, 0.1) is 0 Å². The molecule has 0 atom stereocenters. The molecule has 0 aliphatic carbocycles. The van der Waals surface area contributed by atoms with Crippen LogP contribution in [0.2, 0.25) is 0 Å². The zero-order chi connectivity index (χ0) is 14.6. The molecule has 2 N–H and O–H groups in total. The summed E-state index contributed by atoms with van der Waals surface area (Å²) in [4.78, 5) is 3.85. The predicted octanol–water partition coefficient (Wildman–Crippen LogP) is 3.23. The minimum Gasteiger partial charge on any atom is -0.451 e. The van der Waals surface area contributed by atoms with Crippen molar-refractivity contribution in [3.8, 4) is 17.2 Å². The Kier molecular flexibility index (Phi) is 4.09. The summed E-state index contributed by atoms with van der Waals surface area (Å²) in [6.45, 7) is 0.181. The van der Waals surface area contributed by atoms with Crippen LogP contribution in [-0.2, 0) is 6.54 Å². The number of aromatic nitrogens is 1. The van der Waals surface area contributed by atoms with Gasteiger partial charge in [0.05, 0.1) is 6.20 Å². The third-order valence-corrected chi connectivity index (χ3v) is 2.38. The second kappa shape index (κ2) is 5.79. The summed E-state index contributed by atoms with van der Waals surface area (Å²) in [5, 5.41) is 0. The highest BCUT2D eigenvalue weighted by atomic mass is 19.4. The van der Waals surface area contributed by atoms with E-state index in [1.807, 2.05) is 0 Å². The third-order valence-electron chi connectivity index (χ3n) is 2.38. The lowest BCUT2D eigenvalue weighted by atomic mass is 10.2. The summed E-state index contributed by atoms with van der Waals surface area (Å²) in [5.74, 6) is -0.201. The number of para-hydroxylation sites is 2. The van der Waals surface area contributed by atoms with Gasteiger partial charge in [-0.05, 0) is 18.2 Å². The fourth-order valence-electron chi connectivity index (χ4n) is 1.53. The lowest BCUT2D eigenvalue weighted by Gasteiger charge is -2.14. The van der Waals surface area contributed by atoms with Gasteiger partial charge >= 0.3 is 6.36 Å². The van der Waals surface area contributed by atoms with Gasteiger partial charge in [0.15, 0.2) is 11.5 Å². The van der Waals surface area contributed by atoms with Crippen molar-refractivity contribution in [1.82, 2.24) is 4.98 Å². The standard InChI is InChI=1S/C13H11F3N2O2/c14-13(15,16)20-11-4-2-1-3-10(11)19-12-8-18-6-5-9(12)7-17/h1-6,8H,7,17H2. The van der Waals surface area contributed by atoms with E-state index in [2.05, 4.69) is 9.72 Å². The summed E-state index contributed by atoms with van der Waals surface area (Å²) < 4.78 is 46.2. The molecular formula is C13H11F3N2O2. The molecule has 4 nitrogen and oxygen atoms in total. The molecule has 0 amide bonds. The van der Waals surface area contributed by atoms with E-state index >= 15 is 0 Å². The molecule has 2 aromatic rings. The summed E-state index contributed by atoms with van der Waals surface area (Å²) in [6.07, 6.45) is -1.88. The monoisotopic (exact) mass is 284 g/mol. The summed E-state index contributed by atoms with van der Waals surface area (Å²) >= 11 is 0. The molecule has 0 bridgehead atoms. The molecule has 0 fully saturated rings. The van der Waals surface area contributed by atoms with Gasteiger partial charge in [-0.3, -0.25) is 4.98 Å². The molecule has 1 heterocycles. The first kappa shape index (κ1) is 14.1. The van der Waals surface area contributed by atoms with Crippen molar-refractivity contribution in [3.63, 3.8) is 0 Å². The predicted molar refractivity (Wildman–Crippen MR) is 65.3 cm³/mol. The first-order valence-corrected chi connectivity index (χ1v) is 5.65. The normalized spacial score (nSPS) is 11.2. The van der Waals surface area contributed by atoms with Crippen LogP contribution in [0.25, 0.3) is 0 Å². The maximum atomic E-state index is 12.3. The van der Waals surface area contributed by atoms with Gasteiger partial charge in [0.2, 0.25) is 0 Å². The van der Waals surface area contributed by atoms with Crippen LogP contribution >= 0.6 is 0 Å². The Labute approximate surface area is 113 Å². The molecule has 1 aromatic heterocycles. The van der Waals surface area contributed by atoms with Crippen molar-refractivity contribution in [1.29, 1.82) is 0 Å². The zero-order valence-electron chi connectivity index (χ0n) is 10.2. The van der Waals surface area contributed by atoms with Crippen LogP contribution in [0.5, 0.6) is 17.2 Å². The topological polar surface area (TPSA) is 57.4 Å². The first-order valence-electron chi connectivity index (χ1n) is 5.65. The van der Waals surface area contributed by atoms with Crippen molar-refractivity contribution in [2.24, 2.45) is 5.73 Å². The smallest absolute Gasteiger partial charge is 0.451 e. The summed E-state index contributed by atoms with van der Waals surface area (Å²) in [5.41, 5.74) is 6.15. The van der Waals surface area contributed by atoms with Gasteiger partial charge < -0.3 is 15.2 Å². The van der Waals surface area contributed by atoms with E-state index < -0.39 is 12.1 Å². The quantitative estimate of drug-likeness (QED) is 0.936. The average molecular weight is 284 g/mol. The fraction of sp³-hybridized carbons (Fsp3) is 0.154. The zero-order valence-corrected chi connectivity index (χ0v) is 10.2. The number of alkyl halides is 3. The fourth-order valence-corrected chi connectivity index (χ4v) is 1.53. The average Bonchev–Trinajstić information content (AvgIpc) is 2.40. The van der Waals surface area contributed by atoms with Crippen molar-refractivity contribution >= 4 is 0 Å². The van der Waals surface area contributed by atoms with E-state index in [-0.39, 0.29) is 18.0 Å². The number of hydrogen-bond donors (Lipinski definition) is 1. The SMILES string of the molecule is NCc1ccncc1Oc1ccccc1OC(F)(F)F. The molecule has 1 aromatic carbocycles. The van der Waals surface area contributed by atoms with Gasteiger partial charge in [0.1, 0.15) is 5.75 Å². The molecule has 0 spiro atoms. The van der Waals surface area contributed by atoms with Crippen molar-refractivity contribution < 1.29 is 22.6 Å². The Bertz CT molecular complexity index is 588.